The molecule has 7 nitrogen and oxygen atoms in total. The summed E-state index contributed by atoms with van der Waals surface area (Å²) in [6, 6.07) is 11.9. The number of hydrogen-bond acceptors (Lipinski definition) is 4. The van der Waals surface area contributed by atoms with Crippen LogP contribution in [0.4, 0.5) is 18.9 Å². The number of halogens is 3. The summed E-state index contributed by atoms with van der Waals surface area (Å²) in [7, 11) is -4.14. The molecule has 0 aromatic heterocycles. The van der Waals surface area contributed by atoms with Crippen LogP contribution in [0, 0.1) is 0 Å². The SMILES string of the molecule is CC[C@H](C(=O)NC1CCCC1)N(Cc1ccccc1)C(=O)CN(c1cccc(C(F)(F)F)c1)S(C)(=O)=O. The summed E-state index contributed by atoms with van der Waals surface area (Å²) < 4.78 is 65.7. The van der Waals surface area contributed by atoms with Crippen molar-refractivity contribution in [3.8, 4) is 0 Å². The van der Waals surface area contributed by atoms with Gasteiger partial charge in [0.05, 0.1) is 17.5 Å². The fraction of sp³-hybridized carbons (Fsp3) is 0.462. The summed E-state index contributed by atoms with van der Waals surface area (Å²) in [6.45, 7) is 1.04. The number of anilines is 1. The van der Waals surface area contributed by atoms with Crippen LogP contribution in [0.1, 0.15) is 50.2 Å². The zero-order valence-electron chi connectivity index (χ0n) is 20.9. The number of hydrogen-bond donors (Lipinski definition) is 1. The van der Waals surface area contributed by atoms with Crippen LogP contribution in [-0.4, -0.2) is 50.0 Å². The molecular weight excluding hydrogens is 507 g/mol. The van der Waals surface area contributed by atoms with Crippen molar-refractivity contribution in [2.75, 3.05) is 17.1 Å². The maximum atomic E-state index is 13.6. The molecule has 1 aliphatic rings. The Kier molecular flexibility index (Phi) is 9.22. The van der Waals surface area contributed by atoms with Crippen LogP contribution in [0.25, 0.3) is 0 Å². The van der Waals surface area contributed by atoms with Crippen LogP contribution >= 0.6 is 0 Å². The molecule has 0 aliphatic heterocycles. The highest BCUT2D eigenvalue weighted by molar-refractivity contribution is 7.92. The third-order valence-corrected chi connectivity index (χ3v) is 7.56. The molecule has 1 N–H and O–H groups in total. The quantitative estimate of drug-likeness (QED) is 0.487. The van der Waals surface area contributed by atoms with E-state index in [0.717, 1.165) is 49.6 Å². The maximum absolute atomic E-state index is 13.6. The Morgan fingerprint density at radius 3 is 2.27 bits per heavy atom. The number of nitrogens with zero attached hydrogens (tertiary/aromatic N) is 2. The van der Waals surface area contributed by atoms with Crippen molar-refractivity contribution < 1.29 is 31.2 Å². The number of rotatable bonds is 10. The molecule has 0 radical (unpaired) electrons. The van der Waals surface area contributed by atoms with Gasteiger partial charge in [-0.25, -0.2) is 8.42 Å². The van der Waals surface area contributed by atoms with E-state index in [9.17, 15) is 31.2 Å². The van der Waals surface area contributed by atoms with Crippen molar-refractivity contribution in [1.82, 2.24) is 10.2 Å². The molecule has 37 heavy (non-hydrogen) atoms. The van der Waals surface area contributed by atoms with Gasteiger partial charge >= 0.3 is 6.18 Å². The highest BCUT2D eigenvalue weighted by Gasteiger charge is 2.35. The molecule has 0 saturated heterocycles. The lowest BCUT2D eigenvalue weighted by Gasteiger charge is -2.33. The molecular formula is C26H32F3N3O4S. The van der Waals surface area contributed by atoms with Gasteiger partial charge in [-0.3, -0.25) is 13.9 Å². The summed E-state index contributed by atoms with van der Waals surface area (Å²) in [6.07, 6.45) is 0.141. The van der Waals surface area contributed by atoms with E-state index >= 15 is 0 Å². The van der Waals surface area contributed by atoms with Gasteiger partial charge in [-0.2, -0.15) is 13.2 Å². The molecule has 2 aromatic carbocycles. The van der Waals surface area contributed by atoms with E-state index in [2.05, 4.69) is 5.32 Å². The van der Waals surface area contributed by atoms with Crippen molar-refractivity contribution >= 4 is 27.5 Å². The second kappa shape index (κ2) is 12.0. The Labute approximate surface area is 215 Å². The number of amides is 2. The van der Waals surface area contributed by atoms with Crippen LogP contribution in [-0.2, 0) is 32.3 Å². The van der Waals surface area contributed by atoms with E-state index in [4.69, 9.17) is 0 Å². The van der Waals surface area contributed by atoms with E-state index in [1.165, 1.54) is 11.0 Å². The second-order valence-electron chi connectivity index (χ2n) is 9.24. The molecule has 1 atom stereocenters. The van der Waals surface area contributed by atoms with Gasteiger partial charge in [-0.05, 0) is 43.0 Å². The Bertz CT molecular complexity index is 1180. The number of nitrogens with one attached hydrogen (secondary N) is 1. The average Bonchev–Trinajstić information content (AvgIpc) is 3.34. The summed E-state index contributed by atoms with van der Waals surface area (Å²) in [5.41, 5.74) is -0.587. The van der Waals surface area contributed by atoms with E-state index in [-0.39, 0.29) is 30.6 Å². The van der Waals surface area contributed by atoms with Crippen molar-refractivity contribution in [1.29, 1.82) is 0 Å². The first-order valence-electron chi connectivity index (χ1n) is 12.2. The number of carbonyl (C=O) groups excluding carboxylic acids is 2. The zero-order chi connectivity index (χ0) is 27.2. The zero-order valence-corrected chi connectivity index (χ0v) is 21.7. The fourth-order valence-corrected chi connectivity index (χ4v) is 5.36. The number of benzene rings is 2. The molecule has 0 bridgehead atoms. The first-order chi connectivity index (χ1) is 17.4. The first kappa shape index (κ1) is 28.5. The molecule has 0 spiro atoms. The molecule has 1 fully saturated rings. The van der Waals surface area contributed by atoms with Gasteiger partial charge in [0.25, 0.3) is 0 Å². The molecule has 202 valence electrons. The number of carbonyl (C=O) groups is 2. The van der Waals surface area contributed by atoms with E-state index in [0.29, 0.717) is 10.4 Å². The van der Waals surface area contributed by atoms with Crippen LogP contribution in [0.5, 0.6) is 0 Å². The molecule has 3 rings (SSSR count). The predicted octanol–water partition coefficient (Wildman–Crippen LogP) is 4.34. The topological polar surface area (TPSA) is 86.8 Å². The van der Waals surface area contributed by atoms with Gasteiger partial charge < -0.3 is 10.2 Å². The predicted molar refractivity (Wildman–Crippen MR) is 135 cm³/mol. The summed E-state index contributed by atoms with van der Waals surface area (Å²) in [5.74, 6) is -1.02. The van der Waals surface area contributed by atoms with Crippen LogP contribution < -0.4 is 9.62 Å². The van der Waals surface area contributed by atoms with Gasteiger partial charge in [-0.15, -0.1) is 0 Å². The van der Waals surface area contributed by atoms with E-state index in [1.54, 1.807) is 37.3 Å². The number of alkyl halides is 3. The fourth-order valence-electron chi connectivity index (χ4n) is 4.52. The van der Waals surface area contributed by atoms with Crippen LogP contribution in [0.15, 0.2) is 54.6 Å². The molecule has 0 unspecified atom stereocenters. The van der Waals surface area contributed by atoms with Gasteiger partial charge in [-0.1, -0.05) is 56.2 Å². The van der Waals surface area contributed by atoms with Gasteiger partial charge in [0.1, 0.15) is 12.6 Å². The molecule has 2 amide bonds. The summed E-state index contributed by atoms with van der Waals surface area (Å²) in [5, 5.41) is 3.00. The highest BCUT2D eigenvalue weighted by atomic mass is 32.2. The molecule has 2 aromatic rings. The molecule has 11 heteroatoms. The third-order valence-electron chi connectivity index (χ3n) is 6.42. The maximum Gasteiger partial charge on any atom is 0.416 e. The van der Waals surface area contributed by atoms with E-state index in [1.807, 2.05) is 0 Å². The lowest BCUT2D eigenvalue weighted by atomic mass is 10.1. The van der Waals surface area contributed by atoms with Gasteiger partial charge in [0.2, 0.25) is 21.8 Å². The van der Waals surface area contributed by atoms with Crippen LogP contribution in [0.2, 0.25) is 0 Å². The largest absolute Gasteiger partial charge is 0.416 e. The summed E-state index contributed by atoms with van der Waals surface area (Å²) in [4.78, 5) is 28.1. The average molecular weight is 540 g/mol. The molecule has 1 saturated carbocycles. The standard InChI is InChI=1S/C26H32F3N3O4S/c1-3-23(25(34)30-21-13-7-8-14-21)31(17-19-10-5-4-6-11-19)24(33)18-32(37(2,35)36)22-15-9-12-20(16-22)26(27,28)29/h4-6,9-12,15-16,21,23H,3,7-8,13-14,17-18H2,1-2H3,(H,30,34)/t23-/m1/s1. The number of sulfonamides is 1. The smallest absolute Gasteiger partial charge is 0.352 e. The molecule has 1 aliphatic carbocycles. The minimum atomic E-state index is -4.69. The van der Waals surface area contributed by atoms with Crippen molar-refractivity contribution in [3.63, 3.8) is 0 Å². The normalized spacial score (nSPS) is 15.3. The van der Waals surface area contributed by atoms with Crippen molar-refractivity contribution in [3.05, 3.63) is 65.7 Å². The minimum absolute atomic E-state index is 0.0212. The monoisotopic (exact) mass is 539 g/mol. The lowest BCUT2D eigenvalue weighted by molar-refractivity contribution is -0.140. The van der Waals surface area contributed by atoms with Gasteiger partial charge in [0, 0.05) is 12.6 Å². The third kappa shape index (κ3) is 7.70. The van der Waals surface area contributed by atoms with Crippen molar-refractivity contribution in [2.45, 2.75) is 63.8 Å². The van der Waals surface area contributed by atoms with Crippen LogP contribution in [0.3, 0.4) is 0 Å². The first-order valence-corrected chi connectivity index (χ1v) is 14.0. The molecule has 0 heterocycles. The lowest BCUT2D eigenvalue weighted by Crippen LogP contribution is -2.53. The van der Waals surface area contributed by atoms with E-state index < -0.39 is 40.3 Å². The minimum Gasteiger partial charge on any atom is -0.352 e. The summed E-state index contributed by atoms with van der Waals surface area (Å²) >= 11 is 0. The van der Waals surface area contributed by atoms with Gasteiger partial charge in [0.15, 0.2) is 0 Å². The second-order valence-corrected chi connectivity index (χ2v) is 11.1. The Balaban J connectivity index is 1.93. The Morgan fingerprint density at radius 2 is 1.70 bits per heavy atom. The van der Waals surface area contributed by atoms with Crippen molar-refractivity contribution in [2.24, 2.45) is 0 Å². The Morgan fingerprint density at radius 1 is 1.05 bits per heavy atom. The Hall–Kier alpha value is -3.08. The highest BCUT2D eigenvalue weighted by Crippen LogP contribution is 2.32.